The van der Waals surface area contributed by atoms with Crippen molar-refractivity contribution in [3.05, 3.63) is 53.6 Å². The lowest BCUT2D eigenvalue weighted by molar-refractivity contribution is -0.121. The molecule has 0 radical (unpaired) electrons. The van der Waals surface area contributed by atoms with Crippen molar-refractivity contribution in [1.82, 2.24) is 5.32 Å². The molecule has 0 spiro atoms. The predicted octanol–water partition coefficient (Wildman–Crippen LogP) is 2.76. The first-order valence-corrected chi connectivity index (χ1v) is 11.2. The van der Waals surface area contributed by atoms with Crippen LogP contribution in [0.5, 0.6) is 5.75 Å². The number of hydrogen-bond acceptors (Lipinski definition) is 5. The summed E-state index contributed by atoms with van der Waals surface area (Å²) in [6.07, 6.45) is 1.05. The molecule has 7 nitrogen and oxygen atoms in total. The van der Waals surface area contributed by atoms with E-state index in [4.69, 9.17) is 16.3 Å². The minimum absolute atomic E-state index is 0.260. The van der Waals surface area contributed by atoms with Gasteiger partial charge in [-0.25, -0.2) is 8.42 Å². The number of likely N-dealkylation sites (N-methyl/N-ethyl adjacent to an activating group) is 1. The van der Waals surface area contributed by atoms with E-state index in [9.17, 15) is 13.2 Å². The zero-order valence-electron chi connectivity index (χ0n) is 16.9. The molecular formula is C20H26ClN3O4S. The molecule has 0 aliphatic carbocycles. The van der Waals surface area contributed by atoms with Crippen LogP contribution in [0.3, 0.4) is 0 Å². The van der Waals surface area contributed by atoms with Crippen molar-refractivity contribution < 1.29 is 17.9 Å². The second kappa shape index (κ2) is 9.84. The average molecular weight is 440 g/mol. The fourth-order valence-electron chi connectivity index (χ4n) is 2.91. The van der Waals surface area contributed by atoms with E-state index in [0.29, 0.717) is 24.5 Å². The van der Waals surface area contributed by atoms with Crippen LogP contribution in [0.1, 0.15) is 6.92 Å². The normalized spacial score (nSPS) is 12.2. The molecular weight excluding hydrogens is 414 g/mol. The number of para-hydroxylation sites is 1. The first kappa shape index (κ1) is 22.8. The van der Waals surface area contributed by atoms with Gasteiger partial charge in [-0.1, -0.05) is 29.8 Å². The van der Waals surface area contributed by atoms with Gasteiger partial charge in [0, 0.05) is 25.8 Å². The maximum atomic E-state index is 12.6. The lowest BCUT2D eigenvalue weighted by Crippen LogP contribution is -2.49. The molecule has 1 atom stereocenters. The van der Waals surface area contributed by atoms with Gasteiger partial charge in [-0.05, 0) is 37.3 Å². The quantitative estimate of drug-likeness (QED) is 0.650. The number of carbonyl (C=O) groups excluding carboxylic acids is 1. The summed E-state index contributed by atoms with van der Waals surface area (Å²) < 4.78 is 30.9. The van der Waals surface area contributed by atoms with Crippen LogP contribution in [0.4, 0.5) is 11.4 Å². The third-order valence-electron chi connectivity index (χ3n) is 4.42. The van der Waals surface area contributed by atoms with Crippen LogP contribution in [0.2, 0.25) is 5.02 Å². The van der Waals surface area contributed by atoms with Crippen molar-refractivity contribution in [3.8, 4) is 5.75 Å². The average Bonchev–Trinajstić information content (AvgIpc) is 2.67. The second-order valence-electron chi connectivity index (χ2n) is 6.60. The van der Waals surface area contributed by atoms with E-state index >= 15 is 0 Å². The number of sulfonamides is 1. The van der Waals surface area contributed by atoms with Crippen LogP contribution in [0.25, 0.3) is 0 Å². The van der Waals surface area contributed by atoms with Crippen molar-refractivity contribution in [2.75, 3.05) is 42.7 Å². The summed E-state index contributed by atoms with van der Waals surface area (Å²) in [6.45, 7) is 2.49. The number of nitrogens with one attached hydrogen (secondary N) is 1. The molecule has 0 unspecified atom stereocenters. The number of anilines is 2. The van der Waals surface area contributed by atoms with Crippen LogP contribution in [-0.2, 0) is 14.8 Å². The Labute approximate surface area is 177 Å². The molecule has 2 aromatic rings. The van der Waals surface area contributed by atoms with Crippen LogP contribution >= 0.6 is 11.6 Å². The fraction of sp³-hybridized carbons (Fsp3) is 0.350. The SMILES string of the molecule is COc1ccc(N([C@H](C)C(=O)NCCN(C)c2ccccc2)S(C)(=O)=O)cc1Cl. The highest BCUT2D eigenvalue weighted by Crippen LogP contribution is 2.31. The highest BCUT2D eigenvalue weighted by atomic mass is 35.5. The molecule has 1 N–H and O–H groups in total. The number of hydrogen-bond donors (Lipinski definition) is 1. The summed E-state index contributed by atoms with van der Waals surface area (Å²) in [5.74, 6) is 0.0220. The predicted molar refractivity (Wildman–Crippen MR) is 118 cm³/mol. The van der Waals surface area contributed by atoms with E-state index in [2.05, 4.69) is 5.32 Å². The number of amides is 1. The van der Waals surface area contributed by atoms with E-state index in [0.717, 1.165) is 16.2 Å². The first-order valence-electron chi connectivity index (χ1n) is 9.02. The summed E-state index contributed by atoms with van der Waals surface area (Å²) in [4.78, 5) is 14.6. The zero-order valence-corrected chi connectivity index (χ0v) is 18.5. The number of nitrogens with zero attached hydrogens (tertiary/aromatic N) is 2. The Morgan fingerprint density at radius 1 is 1.17 bits per heavy atom. The molecule has 0 heterocycles. The van der Waals surface area contributed by atoms with Crippen molar-refractivity contribution in [2.24, 2.45) is 0 Å². The number of methoxy groups -OCH3 is 1. The van der Waals surface area contributed by atoms with Crippen LogP contribution in [0.15, 0.2) is 48.5 Å². The minimum Gasteiger partial charge on any atom is -0.495 e. The summed E-state index contributed by atoms with van der Waals surface area (Å²) in [7, 11) is -0.327. The Morgan fingerprint density at radius 3 is 2.38 bits per heavy atom. The van der Waals surface area contributed by atoms with Gasteiger partial charge in [0.1, 0.15) is 11.8 Å². The van der Waals surface area contributed by atoms with Gasteiger partial charge in [-0.15, -0.1) is 0 Å². The monoisotopic (exact) mass is 439 g/mol. The third kappa shape index (κ3) is 6.01. The molecule has 2 aromatic carbocycles. The molecule has 0 fully saturated rings. The molecule has 1 amide bonds. The molecule has 158 valence electrons. The third-order valence-corrected chi connectivity index (χ3v) is 5.96. The maximum Gasteiger partial charge on any atom is 0.243 e. The molecule has 0 saturated carbocycles. The standard InChI is InChI=1S/C20H26ClN3O4S/c1-15(20(25)22-12-13-23(2)16-8-6-5-7-9-16)24(29(4,26)27)17-10-11-19(28-3)18(21)14-17/h5-11,14-15H,12-13H2,1-4H3,(H,22,25)/t15-/m1/s1. The summed E-state index contributed by atoms with van der Waals surface area (Å²) in [5.41, 5.74) is 1.32. The highest BCUT2D eigenvalue weighted by Gasteiger charge is 2.29. The van der Waals surface area contributed by atoms with E-state index in [-0.39, 0.29) is 5.02 Å². The van der Waals surface area contributed by atoms with Crippen molar-refractivity contribution in [1.29, 1.82) is 0 Å². The van der Waals surface area contributed by atoms with Crippen molar-refractivity contribution in [3.63, 3.8) is 0 Å². The Morgan fingerprint density at radius 2 is 1.83 bits per heavy atom. The first-order chi connectivity index (χ1) is 13.6. The van der Waals surface area contributed by atoms with Gasteiger partial charge in [0.25, 0.3) is 0 Å². The van der Waals surface area contributed by atoms with Gasteiger partial charge in [0.05, 0.1) is 24.1 Å². The summed E-state index contributed by atoms with van der Waals surface area (Å²) in [6, 6.07) is 13.4. The fourth-order valence-corrected chi connectivity index (χ4v) is 4.33. The van der Waals surface area contributed by atoms with E-state index < -0.39 is 22.0 Å². The van der Waals surface area contributed by atoms with Crippen molar-refractivity contribution >= 4 is 38.9 Å². The molecule has 2 rings (SSSR count). The van der Waals surface area contributed by atoms with Crippen LogP contribution < -0.4 is 19.3 Å². The molecule has 29 heavy (non-hydrogen) atoms. The van der Waals surface area contributed by atoms with E-state index in [1.807, 2.05) is 42.3 Å². The second-order valence-corrected chi connectivity index (χ2v) is 8.87. The Balaban J connectivity index is 2.08. The van der Waals surface area contributed by atoms with Gasteiger partial charge in [-0.2, -0.15) is 0 Å². The minimum atomic E-state index is -3.72. The Bertz CT molecular complexity index is 938. The molecule has 0 saturated heterocycles. The summed E-state index contributed by atoms with van der Waals surface area (Å²) >= 11 is 6.13. The number of carbonyl (C=O) groups is 1. The number of ether oxygens (including phenoxy) is 1. The van der Waals surface area contributed by atoms with Gasteiger partial charge in [-0.3, -0.25) is 9.10 Å². The Kier molecular flexibility index (Phi) is 7.75. The van der Waals surface area contributed by atoms with Crippen LogP contribution in [-0.4, -0.2) is 53.9 Å². The van der Waals surface area contributed by atoms with Gasteiger partial charge < -0.3 is 15.0 Å². The molecule has 0 aliphatic heterocycles. The largest absolute Gasteiger partial charge is 0.495 e. The highest BCUT2D eigenvalue weighted by molar-refractivity contribution is 7.92. The zero-order chi connectivity index (χ0) is 21.6. The summed E-state index contributed by atoms with van der Waals surface area (Å²) in [5, 5.41) is 3.06. The molecule has 0 bridgehead atoms. The molecule has 9 heteroatoms. The topological polar surface area (TPSA) is 79.0 Å². The Hall–Kier alpha value is -2.45. The lowest BCUT2D eigenvalue weighted by Gasteiger charge is -2.29. The van der Waals surface area contributed by atoms with Crippen molar-refractivity contribution in [2.45, 2.75) is 13.0 Å². The van der Waals surface area contributed by atoms with Gasteiger partial charge in [0.15, 0.2) is 0 Å². The molecule has 0 aromatic heterocycles. The number of halogens is 1. The van der Waals surface area contributed by atoms with E-state index in [1.165, 1.54) is 20.1 Å². The smallest absolute Gasteiger partial charge is 0.243 e. The number of rotatable bonds is 9. The number of benzene rings is 2. The van der Waals surface area contributed by atoms with Gasteiger partial charge in [0.2, 0.25) is 15.9 Å². The van der Waals surface area contributed by atoms with E-state index in [1.54, 1.807) is 12.1 Å². The maximum absolute atomic E-state index is 12.6. The lowest BCUT2D eigenvalue weighted by atomic mass is 10.2. The van der Waals surface area contributed by atoms with Gasteiger partial charge >= 0.3 is 0 Å². The van der Waals surface area contributed by atoms with Crippen LogP contribution in [0, 0.1) is 0 Å². The molecule has 0 aliphatic rings.